The summed E-state index contributed by atoms with van der Waals surface area (Å²) in [5, 5.41) is 33.5. The lowest BCUT2D eigenvalue weighted by molar-refractivity contribution is 1.06. The van der Waals surface area contributed by atoms with Gasteiger partial charge in [-0.15, -0.1) is 0 Å². The lowest BCUT2D eigenvalue weighted by Crippen LogP contribution is -2.04. The third-order valence-corrected chi connectivity index (χ3v) is 10.7. The summed E-state index contributed by atoms with van der Waals surface area (Å²) in [6.07, 6.45) is 1.94. The molecule has 0 saturated carbocycles. The molecular weight excluding hydrogens is 685 g/mol. The normalized spacial score (nSPS) is 11.2. The molecule has 0 aliphatic rings. The van der Waals surface area contributed by atoms with E-state index in [1.807, 2.05) is 91.1 Å². The number of para-hydroxylation sites is 2. The van der Waals surface area contributed by atoms with Gasteiger partial charge >= 0.3 is 0 Å². The van der Waals surface area contributed by atoms with E-state index in [9.17, 15) is 15.8 Å². The van der Waals surface area contributed by atoms with Crippen LogP contribution in [0.1, 0.15) is 16.7 Å². The van der Waals surface area contributed by atoms with E-state index in [0.717, 1.165) is 88.5 Å². The van der Waals surface area contributed by atoms with Crippen molar-refractivity contribution in [3.8, 4) is 63.1 Å². The monoisotopic (exact) mass is 712 g/mol. The minimum absolute atomic E-state index is 0.573. The van der Waals surface area contributed by atoms with E-state index >= 15 is 0 Å². The molecule has 6 nitrogen and oxygen atoms in total. The Morgan fingerprint density at radius 2 is 0.875 bits per heavy atom. The van der Waals surface area contributed by atoms with E-state index < -0.39 is 0 Å². The number of hydrogen-bond acceptors (Lipinski definition) is 4. The molecular formula is C50H28N6. The van der Waals surface area contributed by atoms with Gasteiger partial charge in [0.1, 0.15) is 5.82 Å². The smallest absolute Gasteiger partial charge is 0.138 e. The quantitative estimate of drug-likeness (QED) is 0.177. The predicted molar refractivity (Wildman–Crippen MR) is 223 cm³/mol. The van der Waals surface area contributed by atoms with Gasteiger partial charge in [0.2, 0.25) is 0 Å². The first kappa shape index (κ1) is 32.4. The molecule has 0 fully saturated rings. The summed E-state index contributed by atoms with van der Waals surface area (Å²) in [7, 11) is 0. The number of pyridine rings is 1. The first-order valence-electron chi connectivity index (χ1n) is 18.2. The summed E-state index contributed by atoms with van der Waals surface area (Å²) >= 11 is 0. The Hall–Kier alpha value is -8.24. The molecule has 0 N–H and O–H groups in total. The largest absolute Gasteiger partial charge is 0.307 e. The van der Waals surface area contributed by atoms with Crippen LogP contribution in [0.3, 0.4) is 0 Å². The molecule has 3 aromatic heterocycles. The molecule has 56 heavy (non-hydrogen) atoms. The average Bonchev–Trinajstić information content (AvgIpc) is 3.78. The lowest BCUT2D eigenvalue weighted by atomic mass is 9.99. The van der Waals surface area contributed by atoms with Crippen molar-refractivity contribution in [1.82, 2.24) is 14.1 Å². The van der Waals surface area contributed by atoms with Crippen molar-refractivity contribution >= 4 is 43.6 Å². The molecule has 10 rings (SSSR count). The first-order valence-corrected chi connectivity index (χ1v) is 18.2. The Labute approximate surface area is 322 Å². The molecule has 6 heteroatoms. The minimum Gasteiger partial charge on any atom is -0.307 e. The van der Waals surface area contributed by atoms with Gasteiger partial charge in [0.05, 0.1) is 68.8 Å². The van der Waals surface area contributed by atoms with Gasteiger partial charge in [0.25, 0.3) is 0 Å². The zero-order chi connectivity index (χ0) is 37.8. The SMILES string of the molecule is N#Cc1ccc(-c2ccc3c(c2)c2ccccc2n3-c2cc(-c3ccccc3C#N)c(-n3c4ccccc4c4cc(-c5ccc(C#N)cc5)ccc43)cn2)cc1. The van der Waals surface area contributed by atoms with Crippen LogP contribution >= 0.6 is 0 Å². The molecule has 0 atom stereocenters. The Morgan fingerprint density at radius 1 is 0.393 bits per heavy atom. The topological polar surface area (TPSA) is 94.1 Å². The Morgan fingerprint density at radius 3 is 1.45 bits per heavy atom. The maximum atomic E-state index is 10.4. The second kappa shape index (κ2) is 13.0. The van der Waals surface area contributed by atoms with E-state index in [2.05, 4.69) is 106 Å². The van der Waals surface area contributed by atoms with Crippen molar-refractivity contribution in [2.45, 2.75) is 0 Å². The van der Waals surface area contributed by atoms with Crippen LogP contribution in [0, 0.1) is 34.0 Å². The molecule has 0 radical (unpaired) electrons. The third-order valence-electron chi connectivity index (χ3n) is 10.7. The van der Waals surface area contributed by atoms with E-state index in [0.29, 0.717) is 16.7 Å². The zero-order valence-electron chi connectivity index (χ0n) is 29.8. The summed E-state index contributed by atoms with van der Waals surface area (Å²) in [5.74, 6) is 0.734. The summed E-state index contributed by atoms with van der Waals surface area (Å²) < 4.78 is 4.45. The predicted octanol–water partition coefficient (Wildman–Crippen LogP) is 11.9. The highest BCUT2D eigenvalue weighted by Gasteiger charge is 2.21. The molecule has 0 bridgehead atoms. The Bertz CT molecular complexity index is 3330. The van der Waals surface area contributed by atoms with Gasteiger partial charge in [-0.2, -0.15) is 15.8 Å². The highest BCUT2D eigenvalue weighted by Crippen LogP contribution is 2.41. The summed E-state index contributed by atoms with van der Waals surface area (Å²) in [5.41, 5.74) is 12.6. The van der Waals surface area contributed by atoms with E-state index in [-0.39, 0.29) is 0 Å². The van der Waals surface area contributed by atoms with Gasteiger partial charge in [0.15, 0.2) is 0 Å². The van der Waals surface area contributed by atoms with Crippen LogP contribution in [-0.4, -0.2) is 14.1 Å². The van der Waals surface area contributed by atoms with Gasteiger partial charge in [0, 0.05) is 32.7 Å². The molecule has 3 heterocycles. The summed E-state index contributed by atoms with van der Waals surface area (Å²) in [4.78, 5) is 5.22. The van der Waals surface area contributed by atoms with Crippen LogP contribution in [0.15, 0.2) is 170 Å². The van der Waals surface area contributed by atoms with Crippen LogP contribution in [0.5, 0.6) is 0 Å². The fourth-order valence-corrected chi connectivity index (χ4v) is 8.05. The van der Waals surface area contributed by atoms with Crippen molar-refractivity contribution in [3.05, 3.63) is 187 Å². The van der Waals surface area contributed by atoms with Crippen LogP contribution < -0.4 is 0 Å². The number of rotatable bonds is 5. The van der Waals surface area contributed by atoms with Gasteiger partial charge in [-0.3, -0.25) is 4.57 Å². The lowest BCUT2D eigenvalue weighted by Gasteiger charge is -2.17. The molecule has 0 aliphatic heterocycles. The maximum absolute atomic E-state index is 10.4. The molecule has 0 aliphatic carbocycles. The molecule has 258 valence electrons. The van der Waals surface area contributed by atoms with Crippen LogP contribution in [-0.2, 0) is 0 Å². The second-order valence-electron chi connectivity index (χ2n) is 13.8. The summed E-state index contributed by atoms with van der Waals surface area (Å²) in [6.45, 7) is 0. The van der Waals surface area contributed by atoms with Crippen molar-refractivity contribution < 1.29 is 0 Å². The standard InChI is InChI=1S/C50H28N6/c51-28-32-13-17-34(18-14-32)36-21-23-47-42(25-36)40-9-3-5-11-45(40)55(47)49-31-54-50(27-44(49)39-8-2-1-7-38(39)30-53)56-46-12-6-4-10-41(46)43-26-37(22-24-48(43)56)35-19-15-33(29-52)16-20-35/h1-27,31H. The number of nitriles is 3. The number of aromatic nitrogens is 3. The number of benzene rings is 7. The number of nitrogens with zero attached hydrogens (tertiary/aromatic N) is 6. The van der Waals surface area contributed by atoms with Gasteiger partial charge in [-0.05, 0) is 95.1 Å². The number of hydrogen-bond donors (Lipinski definition) is 0. The average molecular weight is 713 g/mol. The van der Waals surface area contributed by atoms with Gasteiger partial charge < -0.3 is 4.57 Å². The van der Waals surface area contributed by atoms with E-state index in [4.69, 9.17) is 4.98 Å². The molecule has 0 saturated heterocycles. The summed E-state index contributed by atoms with van der Waals surface area (Å²) in [6, 6.07) is 61.7. The molecule has 0 spiro atoms. The Balaban J connectivity index is 1.21. The molecule has 0 unspecified atom stereocenters. The minimum atomic E-state index is 0.573. The fraction of sp³-hybridized carbons (Fsp3) is 0. The number of fused-ring (bicyclic) bond motifs is 6. The first-order chi connectivity index (χ1) is 27.6. The van der Waals surface area contributed by atoms with Gasteiger partial charge in [-0.1, -0.05) is 91.0 Å². The highest BCUT2D eigenvalue weighted by molar-refractivity contribution is 6.12. The highest BCUT2D eigenvalue weighted by atomic mass is 15.1. The Kier molecular flexibility index (Phi) is 7.53. The van der Waals surface area contributed by atoms with Crippen molar-refractivity contribution in [2.24, 2.45) is 0 Å². The maximum Gasteiger partial charge on any atom is 0.138 e. The molecule has 10 aromatic rings. The van der Waals surface area contributed by atoms with E-state index in [1.54, 1.807) is 0 Å². The van der Waals surface area contributed by atoms with Crippen molar-refractivity contribution in [2.75, 3.05) is 0 Å². The van der Waals surface area contributed by atoms with Crippen LogP contribution in [0.2, 0.25) is 0 Å². The zero-order valence-corrected chi connectivity index (χ0v) is 29.8. The van der Waals surface area contributed by atoms with Crippen molar-refractivity contribution in [3.63, 3.8) is 0 Å². The second-order valence-corrected chi connectivity index (χ2v) is 13.8. The van der Waals surface area contributed by atoms with Gasteiger partial charge in [-0.25, -0.2) is 4.98 Å². The fourth-order valence-electron chi connectivity index (χ4n) is 8.05. The van der Waals surface area contributed by atoms with Crippen LogP contribution in [0.25, 0.3) is 88.5 Å². The molecule has 7 aromatic carbocycles. The van der Waals surface area contributed by atoms with E-state index in [1.165, 1.54) is 0 Å². The third kappa shape index (κ3) is 5.12. The molecule has 0 amide bonds. The van der Waals surface area contributed by atoms with Crippen molar-refractivity contribution in [1.29, 1.82) is 15.8 Å². The van der Waals surface area contributed by atoms with Crippen LogP contribution in [0.4, 0.5) is 0 Å².